The average molecular weight is 490 g/mol. The lowest BCUT2D eigenvalue weighted by molar-refractivity contribution is -0.122. The molecule has 1 aliphatic heterocycles. The van der Waals surface area contributed by atoms with Crippen LogP contribution in [0.3, 0.4) is 0 Å². The molecule has 0 atom stereocenters. The Balaban J connectivity index is 1.79. The largest absolute Gasteiger partial charge is 0.493 e. The summed E-state index contributed by atoms with van der Waals surface area (Å²) in [5.41, 5.74) is 3.00. The molecule has 30 heavy (non-hydrogen) atoms. The van der Waals surface area contributed by atoms with Crippen molar-refractivity contribution in [3.05, 3.63) is 62.5 Å². The van der Waals surface area contributed by atoms with E-state index >= 15 is 0 Å². The molecule has 0 aromatic heterocycles. The molecule has 158 valence electrons. The Bertz CT molecular complexity index is 972. The first-order valence-corrected chi connectivity index (χ1v) is 11.3. The number of rotatable bonds is 8. The van der Waals surface area contributed by atoms with Gasteiger partial charge in [0.2, 0.25) is 0 Å². The summed E-state index contributed by atoms with van der Waals surface area (Å²) < 4.78 is 12.2. The molecule has 1 fully saturated rings. The fourth-order valence-corrected chi connectivity index (χ4v) is 4.40. The van der Waals surface area contributed by atoms with Gasteiger partial charge in [0.25, 0.3) is 11.1 Å². The Hall–Kier alpha value is -2.25. The Morgan fingerprint density at radius 1 is 1.17 bits per heavy atom. The van der Waals surface area contributed by atoms with Crippen LogP contribution in [0.1, 0.15) is 36.5 Å². The molecule has 7 heteroatoms. The number of ether oxygens (including phenoxy) is 2. The first kappa shape index (κ1) is 22.4. The van der Waals surface area contributed by atoms with E-state index in [2.05, 4.69) is 15.9 Å². The number of amides is 2. The first-order valence-electron chi connectivity index (χ1n) is 9.74. The Morgan fingerprint density at radius 3 is 2.57 bits per heavy atom. The number of hydrogen-bond donors (Lipinski definition) is 0. The van der Waals surface area contributed by atoms with Gasteiger partial charge in [-0.25, -0.2) is 0 Å². The maximum absolute atomic E-state index is 12.6. The molecule has 2 aromatic carbocycles. The molecule has 0 saturated carbocycles. The highest BCUT2D eigenvalue weighted by molar-refractivity contribution is 9.10. The second-order valence-electron chi connectivity index (χ2n) is 7.00. The van der Waals surface area contributed by atoms with E-state index in [1.165, 1.54) is 10.5 Å². The molecule has 1 heterocycles. The minimum absolute atomic E-state index is 0.219. The lowest BCUT2D eigenvalue weighted by atomic mass is 10.1. The van der Waals surface area contributed by atoms with Gasteiger partial charge in [0.1, 0.15) is 6.61 Å². The Labute approximate surface area is 189 Å². The van der Waals surface area contributed by atoms with E-state index in [-0.39, 0.29) is 11.1 Å². The zero-order valence-corrected chi connectivity index (χ0v) is 19.6. The molecular weight excluding hydrogens is 466 g/mol. The highest BCUT2D eigenvalue weighted by Gasteiger charge is 2.34. The van der Waals surface area contributed by atoms with E-state index in [4.69, 9.17) is 9.47 Å². The van der Waals surface area contributed by atoms with Crippen molar-refractivity contribution in [1.29, 1.82) is 0 Å². The maximum Gasteiger partial charge on any atom is 0.293 e. The van der Waals surface area contributed by atoms with Crippen molar-refractivity contribution in [3.63, 3.8) is 0 Å². The van der Waals surface area contributed by atoms with Crippen molar-refractivity contribution in [2.24, 2.45) is 0 Å². The number of halogens is 1. The highest BCUT2D eigenvalue weighted by atomic mass is 79.9. The highest BCUT2D eigenvalue weighted by Crippen LogP contribution is 2.39. The SMILES string of the molecule is CCCCN1C(=O)S/C(=C\c2cc(Br)c(OCc3ccc(C)cc3)c(OC)c2)C1=O. The van der Waals surface area contributed by atoms with Crippen molar-refractivity contribution in [3.8, 4) is 11.5 Å². The first-order chi connectivity index (χ1) is 14.4. The van der Waals surface area contributed by atoms with Crippen LogP contribution in [0.15, 0.2) is 45.8 Å². The van der Waals surface area contributed by atoms with Gasteiger partial charge in [0, 0.05) is 6.54 Å². The summed E-state index contributed by atoms with van der Waals surface area (Å²) in [4.78, 5) is 26.4. The smallest absolute Gasteiger partial charge is 0.293 e. The van der Waals surface area contributed by atoms with Gasteiger partial charge < -0.3 is 9.47 Å². The lowest BCUT2D eigenvalue weighted by Gasteiger charge is -2.14. The third-order valence-corrected chi connectivity index (χ3v) is 6.16. The Kier molecular flexibility index (Phi) is 7.61. The molecule has 5 nitrogen and oxygen atoms in total. The molecule has 1 aliphatic rings. The quantitative estimate of drug-likeness (QED) is 0.414. The van der Waals surface area contributed by atoms with Crippen LogP contribution in [0.2, 0.25) is 0 Å². The minimum Gasteiger partial charge on any atom is -0.493 e. The van der Waals surface area contributed by atoms with E-state index in [0.29, 0.717) is 34.0 Å². The summed E-state index contributed by atoms with van der Waals surface area (Å²) in [6.45, 7) is 4.94. The summed E-state index contributed by atoms with van der Waals surface area (Å²) in [6.07, 6.45) is 3.44. The van der Waals surface area contributed by atoms with Crippen molar-refractivity contribution in [2.75, 3.05) is 13.7 Å². The molecule has 0 aliphatic carbocycles. The molecular formula is C23H24BrNO4S. The molecule has 0 bridgehead atoms. The van der Waals surface area contributed by atoms with Crippen LogP contribution < -0.4 is 9.47 Å². The van der Waals surface area contributed by atoms with Gasteiger partial charge in [-0.2, -0.15) is 0 Å². The number of methoxy groups -OCH3 is 1. The molecule has 2 aromatic rings. The second-order valence-corrected chi connectivity index (χ2v) is 8.84. The van der Waals surface area contributed by atoms with Crippen LogP contribution in [0.4, 0.5) is 4.79 Å². The maximum atomic E-state index is 12.6. The summed E-state index contributed by atoms with van der Waals surface area (Å²) in [6, 6.07) is 11.8. The zero-order valence-electron chi connectivity index (χ0n) is 17.2. The van der Waals surface area contributed by atoms with Crippen LogP contribution in [0.25, 0.3) is 6.08 Å². The number of nitrogens with zero attached hydrogens (tertiary/aromatic N) is 1. The molecule has 2 amide bonds. The summed E-state index contributed by atoms with van der Waals surface area (Å²) in [5, 5.41) is -0.219. The van der Waals surface area contributed by atoms with Gasteiger partial charge in [0.05, 0.1) is 16.5 Å². The van der Waals surface area contributed by atoms with Crippen LogP contribution >= 0.6 is 27.7 Å². The van der Waals surface area contributed by atoms with Crippen molar-refractivity contribution in [2.45, 2.75) is 33.3 Å². The van der Waals surface area contributed by atoms with E-state index in [0.717, 1.165) is 35.7 Å². The van der Waals surface area contributed by atoms with Crippen molar-refractivity contribution < 1.29 is 19.1 Å². The molecule has 0 unspecified atom stereocenters. The van der Waals surface area contributed by atoms with Crippen LogP contribution in [-0.2, 0) is 11.4 Å². The topological polar surface area (TPSA) is 55.8 Å². The number of aryl methyl sites for hydroxylation is 1. The fourth-order valence-electron chi connectivity index (χ4n) is 2.96. The van der Waals surface area contributed by atoms with Crippen molar-refractivity contribution in [1.82, 2.24) is 4.90 Å². The number of carbonyl (C=O) groups excluding carboxylic acids is 2. The second kappa shape index (κ2) is 10.2. The summed E-state index contributed by atoms with van der Waals surface area (Å²) in [7, 11) is 1.57. The fraction of sp³-hybridized carbons (Fsp3) is 0.304. The number of hydrogen-bond acceptors (Lipinski definition) is 5. The van der Waals surface area contributed by atoms with Gasteiger partial charge in [-0.1, -0.05) is 43.2 Å². The molecule has 0 radical (unpaired) electrons. The summed E-state index contributed by atoms with van der Waals surface area (Å²) in [5.74, 6) is 0.896. The van der Waals surface area contributed by atoms with Crippen LogP contribution in [-0.4, -0.2) is 29.7 Å². The van der Waals surface area contributed by atoms with Crippen molar-refractivity contribution >= 4 is 44.9 Å². The summed E-state index contributed by atoms with van der Waals surface area (Å²) >= 11 is 4.51. The molecule has 3 rings (SSSR count). The third-order valence-electron chi connectivity index (χ3n) is 4.66. The van der Waals surface area contributed by atoms with Gasteiger partial charge in [0.15, 0.2) is 11.5 Å². The number of benzene rings is 2. The van der Waals surface area contributed by atoms with Gasteiger partial charge in [-0.15, -0.1) is 0 Å². The zero-order chi connectivity index (χ0) is 21.7. The van der Waals surface area contributed by atoms with Gasteiger partial charge in [-0.05, 0) is 70.4 Å². The monoisotopic (exact) mass is 489 g/mol. The van der Waals surface area contributed by atoms with Gasteiger partial charge >= 0.3 is 0 Å². The predicted molar refractivity (Wildman–Crippen MR) is 124 cm³/mol. The number of unbranched alkanes of at least 4 members (excludes halogenated alkanes) is 1. The van der Waals surface area contributed by atoms with E-state index in [9.17, 15) is 9.59 Å². The Morgan fingerprint density at radius 2 is 1.90 bits per heavy atom. The van der Waals surface area contributed by atoms with E-state index in [1.807, 2.05) is 44.2 Å². The average Bonchev–Trinajstić information content (AvgIpc) is 2.99. The number of carbonyl (C=O) groups is 2. The standard InChI is InChI=1S/C23H24BrNO4S/c1-4-5-10-25-22(26)20(30-23(25)27)13-17-11-18(24)21(19(12-17)28-3)29-14-16-8-6-15(2)7-9-16/h6-9,11-13H,4-5,10,14H2,1-3H3/b20-13-. The molecule has 1 saturated heterocycles. The lowest BCUT2D eigenvalue weighted by Crippen LogP contribution is -2.29. The van der Waals surface area contributed by atoms with Gasteiger partial charge in [-0.3, -0.25) is 14.5 Å². The van der Waals surface area contributed by atoms with E-state index < -0.39 is 0 Å². The third kappa shape index (κ3) is 5.26. The normalized spacial score (nSPS) is 15.2. The predicted octanol–water partition coefficient (Wildman–Crippen LogP) is 6.18. The van der Waals surface area contributed by atoms with Crippen LogP contribution in [0.5, 0.6) is 11.5 Å². The molecule has 0 spiro atoms. The minimum atomic E-state index is -0.242. The van der Waals surface area contributed by atoms with Crippen LogP contribution in [0, 0.1) is 6.92 Å². The number of imide groups is 1. The number of thioether (sulfide) groups is 1. The van der Waals surface area contributed by atoms with E-state index in [1.54, 1.807) is 19.3 Å². The molecule has 0 N–H and O–H groups in total.